The van der Waals surface area contributed by atoms with E-state index in [0.717, 1.165) is 10.9 Å². The van der Waals surface area contributed by atoms with Crippen LogP contribution in [0.1, 0.15) is 10.5 Å². The molecule has 1 amide bonds. The highest BCUT2D eigenvalue weighted by Crippen LogP contribution is 2.29. The number of hydrogen-bond donors (Lipinski definition) is 1. The van der Waals surface area contributed by atoms with Gasteiger partial charge in [0, 0.05) is 24.0 Å². The van der Waals surface area contributed by atoms with Gasteiger partial charge < -0.3 is 19.4 Å². The van der Waals surface area contributed by atoms with E-state index < -0.39 is 0 Å². The zero-order chi connectivity index (χ0) is 16.4. The smallest absolute Gasteiger partial charge is 0.272 e. The van der Waals surface area contributed by atoms with Gasteiger partial charge in [-0.25, -0.2) is 0 Å². The van der Waals surface area contributed by atoms with Crippen LogP contribution in [0.25, 0.3) is 10.9 Å². The van der Waals surface area contributed by atoms with E-state index in [2.05, 4.69) is 5.32 Å². The second kappa shape index (κ2) is 6.04. The quantitative estimate of drug-likeness (QED) is 0.803. The maximum absolute atomic E-state index is 12.6. The van der Waals surface area contributed by atoms with Gasteiger partial charge in [-0.3, -0.25) is 4.79 Å². The summed E-state index contributed by atoms with van der Waals surface area (Å²) in [7, 11) is 5.02. The minimum absolute atomic E-state index is 0.188. The normalized spacial score (nSPS) is 10.6. The molecule has 0 saturated carbocycles. The summed E-state index contributed by atoms with van der Waals surface area (Å²) >= 11 is 0. The van der Waals surface area contributed by atoms with E-state index in [1.807, 2.05) is 41.9 Å². The molecule has 1 N–H and O–H groups in total. The molecule has 0 unspecified atom stereocenters. The fourth-order valence-electron chi connectivity index (χ4n) is 2.59. The number of carbonyl (C=O) groups excluding carboxylic acids is 1. The number of nitrogens with one attached hydrogen (secondary N) is 1. The number of benzene rings is 2. The summed E-state index contributed by atoms with van der Waals surface area (Å²) in [5, 5.41) is 3.92. The minimum atomic E-state index is -0.188. The van der Waals surface area contributed by atoms with Crippen molar-refractivity contribution in [3.05, 3.63) is 54.2 Å². The molecule has 0 bridgehead atoms. The Labute approximate surface area is 134 Å². The van der Waals surface area contributed by atoms with Gasteiger partial charge in [0.2, 0.25) is 0 Å². The van der Waals surface area contributed by atoms with E-state index in [1.165, 1.54) is 0 Å². The highest BCUT2D eigenvalue weighted by molar-refractivity contribution is 6.07. The Morgan fingerprint density at radius 3 is 2.52 bits per heavy atom. The molecule has 5 heteroatoms. The molecule has 0 fully saturated rings. The second-order valence-corrected chi connectivity index (χ2v) is 5.17. The van der Waals surface area contributed by atoms with E-state index in [9.17, 15) is 4.79 Å². The number of rotatable bonds is 4. The van der Waals surface area contributed by atoms with Crippen molar-refractivity contribution >= 4 is 22.5 Å². The number of methoxy groups -OCH3 is 2. The van der Waals surface area contributed by atoms with Crippen LogP contribution < -0.4 is 14.8 Å². The predicted octanol–water partition coefficient (Wildman–Crippen LogP) is 3.45. The van der Waals surface area contributed by atoms with Crippen molar-refractivity contribution in [2.75, 3.05) is 19.5 Å². The fourth-order valence-corrected chi connectivity index (χ4v) is 2.59. The van der Waals surface area contributed by atoms with Gasteiger partial charge in [0.25, 0.3) is 5.91 Å². The standard InChI is InChI=1S/C18H18N2O3/c1-20-15-7-5-4-6-12(15)10-16(20)18(21)19-14-9-8-13(22-2)11-17(14)23-3/h4-11H,1-3H3,(H,19,21). The van der Waals surface area contributed by atoms with Gasteiger partial charge in [-0.05, 0) is 24.3 Å². The summed E-state index contributed by atoms with van der Waals surface area (Å²) in [4.78, 5) is 12.6. The Hall–Kier alpha value is -2.95. The number of carbonyl (C=O) groups is 1. The number of para-hydroxylation sites is 1. The molecule has 5 nitrogen and oxygen atoms in total. The number of nitrogens with zero attached hydrogens (tertiary/aromatic N) is 1. The summed E-state index contributed by atoms with van der Waals surface area (Å²) in [5.41, 5.74) is 2.20. The van der Waals surface area contributed by atoms with Crippen LogP contribution in [0, 0.1) is 0 Å². The molecule has 1 heterocycles. The third-order valence-electron chi connectivity index (χ3n) is 3.84. The summed E-state index contributed by atoms with van der Waals surface area (Å²) in [6.07, 6.45) is 0. The summed E-state index contributed by atoms with van der Waals surface area (Å²) in [6.45, 7) is 0. The van der Waals surface area contributed by atoms with Gasteiger partial charge in [0.15, 0.2) is 0 Å². The predicted molar refractivity (Wildman–Crippen MR) is 90.4 cm³/mol. The zero-order valence-corrected chi connectivity index (χ0v) is 13.3. The second-order valence-electron chi connectivity index (χ2n) is 5.17. The van der Waals surface area contributed by atoms with Crippen molar-refractivity contribution in [2.24, 2.45) is 7.05 Å². The lowest BCUT2D eigenvalue weighted by Gasteiger charge is -2.12. The Bertz CT molecular complexity index is 868. The maximum Gasteiger partial charge on any atom is 0.272 e. The van der Waals surface area contributed by atoms with Gasteiger partial charge >= 0.3 is 0 Å². The Balaban J connectivity index is 1.93. The molecule has 0 spiro atoms. The molecular weight excluding hydrogens is 292 g/mol. The SMILES string of the molecule is COc1ccc(NC(=O)c2cc3ccccc3n2C)c(OC)c1. The number of aryl methyl sites for hydroxylation is 1. The first-order chi connectivity index (χ1) is 11.1. The van der Waals surface area contributed by atoms with E-state index >= 15 is 0 Å². The molecule has 3 rings (SSSR count). The van der Waals surface area contributed by atoms with Crippen LogP contribution in [0.3, 0.4) is 0 Å². The molecular formula is C18H18N2O3. The summed E-state index contributed by atoms with van der Waals surface area (Å²) in [6, 6.07) is 15.0. The van der Waals surface area contributed by atoms with Gasteiger partial charge in [-0.15, -0.1) is 0 Å². The van der Waals surface area contributed by atoms with Crippen molar-refractivity contribution in [3.8, 4) is 11.5 Å². The fraction of sp³-hybridized carbons (Fsp3) is 0.167. The molecule has 118 valence electrons. The van der Waals surface area contributed by atoms with Crippen molar-refractivity contribution < 1.29 is 14.3 Å². The molecule has 0 radical (unpaired) electrons. The molecule has 0 aliphatic carbocycles. The van der Waals surface area contributed by atoms with E-state index in [4.69, 9.17) is 9.47 Å². The van der Waals surface area contributed by atoms with Crippen LogP contribution >= 0.6 is 0 Å². The van der Waals surface area contributed by atoms with Crippen molar-refractivity contribution in [3.63, 3.8) is 0 Å². The van der Waals surface area contributed by atoms with E-state index in [0.29, 0.717) is 22.9 Å². The van der Waals surface area contributed by atoms with E-state index in [-0.39, 0.29) is 5.91 Å². The number of anilines is 1. The van der Waals surface area contributed by atoms with Crippen LogP contribution in [0.15, 0.2) is 48.5 Å². The van der Waals surface area contributed by atoms with E-state index in [1.54, 1.807) is 32.4 Å². The molecule has 0 aliphatic rings. The van der Waals surface area contributed by atoms with Crippen molar-refractivity contribution in [2.45, 2.75) is 0 Å². The largest absolute Gasteiger partial charge is 0.497 e. The molecule has 1 aromatic heterocycles. The highest BCUT2D eigenvalue weighted by Gasteiger charge is 2.15. The first-order valence-corrected chi connectivity index (χ1v) is 7.22. The average Bonchev–Trinajstić information content (AvgIpc) is 2.92. The minimum Gasteiger partial charge on any atom is -0.497 e. The molecule has 2 aromatic carbocycles. The Morgan fingerprint density at radius 1 is 1.04 bits per heavy atom. The van der Waals surface area contributed by atoms with Crippen molar-refractivity contribution in [1.29, 1.82) is 0 Å². The van der Waals surface area contributed by atoms with Gasteiger partial charge in [0.05, 0.1) is 19.9 Å². The Morgan fingerprint density at radius 2 is 1.83 bits per heavy atom. The van der Waals surface area contributed by atoms with Crippen molar-refractivity contribution in [1.82, 2.24) is 4.57 Å². The summed E-state index contributed by atoms with van der Waals surface area (Å²) in [5.74, 6) is 1.04. The highest BCUT2D eigenvalue weighted by atomic mass is 16.5. The molecule has 3 aromatic rings. The zero-order valence-electron chi connectivity index (χ0n) is 13.3. The first kappa shape index (κ1) is 15.0. The monoisotopic (exact) mass is 310 g/mol. The maximum atomic E-state index is 12.6. The number of hydrogen-bond acceptors (Lipinski definition) is 3. The van der Waals surface area contributed by atoms with Gasteiger partial charge in [-0.2, -0.15) is 0 Å². The third-order valence-corrected chi connectivity index (χ3v) is 3.84. The molecule has 0 atom stereocenters. The van der Waals surface area contributed by atoms with Gasteiger partial charge in [0.1, 0.15) is 17.2 Å². The lowest BCUT2D eigenvalue weighted by atomic mass is 10.2. The van der Waals surface area contributed by atoms with Crippen LogP contribution in [-0.2, 0) is 7.05 Å². The lowest BCUT2D eigenvalue weighted by molar-refractivity contribution is 0.101. The average molecular weight is 310 g/mol. The number of amides is 1. The van der Waals surface area contributed by atoms with Crippen LogP contribution in [-0.4, -0.2) is 24.7 Å². The topological polar surface area (TPSA) is 52.5 Å². The van der Waals surface area contributed by atoms with Gasteiger partial charge in [-0.1, -0.05) is 18.2 Å². The first-order valence-electron chi connectivity index (χ1n) is 7.22. The third kappa shape index (κ3) is 2.73. The molecule has 0 aliphatic heterocycles. The Kier molecular flexibility index (Phi) is 3.93. The number of aromatic nitrogens is 1. The van der Waals surface area contributed by atoms with Crippen LogP contribution in [0.4, 0.5) is 5.69 Å². The van der Waals surface area contributed by atoms with Crippen LogP contribution in [0.5, 0.6) is 11.5 Å². The lowest BCUT2D eigenvalue weighted by Crippen LogP contribution is -2.16. The molecule has 0 saturated heterocycles. The molecule has 23 heavy (non-hydrogen) atoms. The summed E-state index contributed by atoms with van der Waals surface area (Å²) < 4.78 is 12.4. The van der Waals surface area contributed by atoms with Crippen LogP contribution in [0.2, 0.25) is 0 Å². The number of fused-ring (bicyclic) bond motifs is 1. The number of ether oxygens (including phenoxy) is 2.